The van der Waals surface area contributed by atoms with Crippen molar-refractivity contribution in [1.29, 1.82) is 0 Å². The van der Waals surface area contributed by atoms with Gasteiger partial charge in [0.15, 0.2) is 0 Å². The van der Waals surface area contributed by atoms with Crippen LogP contribution in [-0.2, 0) is 0 Å². The van der Waals surface area contributed by atoms with Crippen LogP contribution >= 0.6 is 23.4 Å². The first-order valence-electron chi connectivity index (χ1n) is 7.02. The molecule has 1 amide bonds. The van der Waals surface area contributed by atoms with Crippen molar-refractivity contribution in [3.63, 3.8) is 0 Å². The maximum absolute atomic E-state index is 12.8. The second-order valence-corrected chi connectivity index (χ2v) is 6.22. The molecular formula is C15H21ClN2OS. The summed E-state index contributed by atoms with van der Waals surface area (Å²) in [6.07, 6.45) is 4.18. The van der Waals surface area contributed by atoms with Crippen LogP contribution in [0.1, 0.15) is 30.1 Å². The van der Waals surface area contributed by atoms with Crippen molar-refractivity contribution >= 4 is 29.3 Å². The summed E-state index contributed by atoms with van der Waals surface area (Å²) in [5.74, 6) is 0.0436. The van der Waals surface area contributed by atoms with Crippen LogP contribution in [0.2, 0.25) is 5.02 Å². The molecule has 0 saturated carbocycles. The number of amides is 1. The normalized spacial score (nSPS) is 18.9. The van der Waals surface area contributed by atoms with Gasteiger partial charge >= 0.3 is 0 Å². The maximum atomic E-state index is 12.8. The molecule has 1 aliphatic heterocycles. The maximum Gasteiger partial charge on any atom is 0.255 e. The fraction of sp³-hybridized carbons (Fsp3) is 0.533. The van der Waals surface area contributed by atoms with Crippen LogP contribution < -0.4 is 5.32 Å². The van der Waals surface area contributed by atoms with Crippen LogP contribution in [-0.4, -0.2) is 42.7 Å². The molecule has 1 aromatic carbocycles. The van der Waals surface area contributed by atoms with E-state index in [-0.39, 0.29) is 11.9 Å². The first-order valence-corrected chi connectivity index (χ1v) is 8.62. The van der Waals surface area contributed by atoms with Gasteiger partial charge in [0.1, 0.15) is 0 Å². The minimum atomic E-state index is 0.0436. The number of thioether (sulfide) groups is 1. The number of hydrogen-bond acceptors (Lipinski definition) is 3. The van der Waals surface area contributed by atoms with Crippen LogP contribution in [0.5, 0.6) is 0 Å². The molecule has 0 spiro atoms. The van der Waals surface area contributed by atoms with Gasteiger partial charge < -0.3 is 10.2 Å². The van der Waals surface area contributed by atoms with E-state index in [1.54, 1.807) is 11.8 Å². The minimum Gasteiger partial charge on any atom is -0.335 e. The van der Waals surface area contributed by atoms with Crippen molar-refractivity contribution in [1.82, 2.24) is 10.2 Å². The lowest BCUT2D eigenvalue weighted by molar-refractivity contribution is 0.0662. The van der Waals surface area contributed by atoms with Gasteiger partial charge in [-0.3, -0.25) is 4.79 Å². The topological polar surface area (TPSA) is 32.3 Å². The Hall–Kier alpha value is -0.710. The third-order valence-corrected chi connectivity index (χ3v) is 4.77. The zero-order valence-electron chi connectivity index (χ0n) is 12.0. The molecule has 1 unspecified atom stereocenters. The van der Waals surface area contributed by atoms with Gasteiger partial charge in [-0.1, -0.05) is 11.6 Å². The number of piperidine rings is 1. The quantitative estimate of drug-likeness (QED) is 0.866. The van der Waals surface area contributed by atoms with E-state index >= 15 is 0 Å². The van der Waals surface area contributed by atoms with E-state index in [1.807, 2.05) is 36.3 Å². The zero-order chi connectivity index (χ0) is 14.5. The van der Waals surface area contributed by atoms with Crippen molar-refractivity contribution < 1.29 is 4.79 Å². The van der Waals surface area contributed by atoms with Crippen LogP contribution in [0.25, 0.3) is 0 Å². The Morgan fingerprint density at radius 2 is 2.35 bits per heavy atom. The molecule has 0 bridgehead atoms. The van der Waals surface area contributed by atoms with Crippen molar-refractivity contribution in [3.8, 4) is 0 Å². The van der Waals surface area contributed by atoms with E-state index in [2.05, 4.69) is 5.32 Å². The Kier molecular flexibility index (Phi) is 5.75. The van der Waals surface area contributed by atoms with E-state index in [0.29, 0.717) is 17.1 Å². The highest BCUT2D eigenvalue weighted by atomic mass is 35.5. The van der Waals surface area contributed by atoms with Gasteiger partial charge in [0.2, 0.25) is 0 Å². The van der Waals surface area contributed by atoms with Crippen molar-refractivity contribution in [2.45, 2.75) is 30.7 Å². The minimum absolute atomic E-state index is 0.0436. The Morgan fingerprint density at radius 1 is 1.55 bits per heavy atom. The number of hydrogen-bond donors (Lipinski definition) is 1. The van der Waals surface area contributed by atoms with Gasteiger partial charge in [0.05, 0.1) is 10.6 Å². The van der Waals surface area contributed by atoms with Gasteiger partial charge in [-0.2, -0.15) is 0 Å². The molecule has 1 aromatic rings. The number of carbonyl (C=O) groups excluding carboxylic acids is 1. The van der Waals surface area contributed by atoms with Gasteiger partial charge in [0, 0.05) is 24.0 Å². The first kappa shape index (κ1) is 15.7. The third kappa shape index (κ3) is 3.48. The van der Waals surface area contributed by atoms with E-state index < -0.39 is 0 Å². The van der Waals surface area contributed by atoms with E-state index in [4.69, 9.17) is 11.6 Å². The smallest absolute Gasteiger partial charge is 0.255 e. The second-order valence-electron chi connectivity index (χ2n) is 4.94. The Labute approximate surface area is 130 Å². The number of benzene rings is 1. The highest BCUT2D eigenvalue weighted by Crippen LogP contribution is 2.25. The van der Waals surface area contributed by atoms with Crippen LogP contribution in [0.15, 0.2) is 23.1 Å². The van der Waals surface area contributed by atoms with Crippen LogP contribution in [0.4, 0.5) is 0 Å². The number of nitrogens with zero attached hydrogens (tertiary/aromatic N) is 1. The SMILES string of the molecule is CCN(C(=O)c1cc(SC)ccc1Cl)C1CCCNC1. The van der Waals surface area contributed by atoms with Crippen molar-refractivity contribution in [3.05, 3.63) is 28.8 Å². The van der Waals surface area contributed by atoms with E-state index in [0.717, 1.165) is 30.8 Å². The lowest BCUT2D eigenvalue weighted by Gasteiger charge is -2.34. The zero-order valence-corrected chi connectivity index (χ0v) is 13.6. The Bertz CT molecular complexity index is 475. The van der Waals surface area contributed by atoms with Gasteiger partial charge in [-0.05, 0) is 50.8 Å². The predicted octanol–water partition coefficient (Wildman–Crippen LogP) is 3.28. The fourth-order valence-corrected chi connectivity index (χ4v) is 3.26. The average molecular weight is 313 g/mol. The number of nitrogens with one attached hydrogen (secondary N) is 1. The summed E-state index contributed by atoms with van der Waals surface area (Å²) >= 11 is 7.84. The first-order chi connectivity index (χ1) is 9.67. The number of halogens is 1. The molecular weight excluding hydrogens is 292 g/mol. The van der Waals surface area contributed by atoms with Gasteiger partial charge in [0.25, 0.3) is 5.91 Å². The summed E-state index contributed by atoms with van der Waals surface area (Å²) in [7, 11) is 0. The molecule has 110 valence electrons. The molecule has 1 fully saturated rings. The highest BCUT2D eigenvalue weighted by Gasteiger charge is 2.26. The molecule has 2 rings (SSSR count). The summed E-state index contributed by atoms with van der Waals surface area (Å²) in [6, 6.07) is 5.93. The lowest BCUT2D eigenvalue weighted by atomic mass is 10.0. The van der Waals surface area contributed by atoms with Crippen LogP contribution in [0, 0.1) is 0 Å². The number of rotatable bonds is 4. The monoisotopic (exact) mass is 312 g/mol. The molecule has 5 heteroatoms. The number of likely N-dealkylation sites (N-methyl/N-ethyl adjacent to an activating group) is 1. The summed E-state index contributed by atoms with van der Waals surface area (Å²) in [5.41, 5.74) is 0.617. The third-order valence-electron chi connectivity index (χ3n) is 3.72. The molecule has 0 aliphatic carbocycles. The highest BCUT2D eigenvalue weighted by molar-refractivity contribution is 7.98. The summed E-state index contributed by atoms with van der Waals surface area (Å²) in [4.78, 5) is 15.8. The van der Waals surface area contributed by atoms with Crippen molar-refractivity contribution in [2.24, 2.45) is 0 Å². The molecule has 1 aliphatic rings. The van der Waals surface area contributed by atoms with Gasteiger partial charge in [-0.15, -0.1) is 11.8 Å². The molecule has 1 N–H and O–H groups in total. The predicted molar refractivity (Wildman–Crippen MR) is 85.8 cm³/mol. The number of carbonyl (C=O) groups is 1. The Balaban J connectivity index is 2.23. The van der Waals surface area contributed by atoms with E-state index in [1.165, 1.54) is 0 Å². The molecule has 1 saturated heterocycles. The fourth-order valence-electron chi connectivity index (χ4n) is 2.62. The molecule has 0 radical (unpaired) electrons. The molecule has 1 atom stereocenters. The summed E-state index contributed by atoms with van der Waals surface area (Å²) < 4.78 is 0. The standard InChI is InChI=1S/C15H21ClN2OS/c1-3-18(11-5-4-8-17-10-11)15(19)13-9-12(20-2)6-7-14(13)16/h6-7,9,11,17H,3-5,8,10H2,1-2H3. The lowest BCUT2D eigenvalue weighted by Crippen LogP contribution is -2.48. The largest absolute Gasteiger partial charge is 0.335 e. The molecule has 0 aromatic heterocycles. The Morgan fingerprint density at radius 3 is 2.95 bits per heavy atom. The second kappa shape index (κ2) is 7.34. The van der Waals surface area contributed by atoms with Gasteiger partial charge in [-0.25, -0.2) is 0 Å². The average Bonchev–Trinajstić information content (AvgIpc) is 2.49. The van der Waals surface area contributed by atoms with E-state index in [9.17, 15) is 4.79 Å². The molecule has 1 heterocycles. The summed E-state index contributed by atoms with van der Waals surface area (Å²) in [5, 5.41) is 3.90. The van der Waals surface area contributed by atoms with Crippen LogP contribution in [0.3, 0.4) is 0 Å². The molecule has 20 heavy (non-hydrogen) atoms. The summed E-state index contributed by atoms with van der Waals surface area (Å²) in [6.45, 7) is 4.66. The molecule has 3 nitrogen and oxygen atoms in total. The van der Waals surface area contributed by atoms with Crippen molar-refractivity contribution in [2.75, 3.05) is 25.9 Å².